The number of ether oxygens (including phenoxy) is 1. The molecule has 5 aromatic carbocycles. The van der Waals surface area contributed by atoms with E-state index in [-0.39, 0.29) is 17.1 Å². The lowest BCUT2D eigenvalue weighted by molar-refractivity contribution is -0.154. The molecule has 0 aliphatic carbocycles. The molecular weight excluding hydrogens is 894 g/mol. The fraction of sp³-hybridized carbons (Fsp3) is 0.152. The lowest BCUT2D eigenvalue weighted by atomic mass is 9.77. The third-order valence-corrected chi connectivity index (χ3v) is 13.2. The lowest BCUT2D eigenvalue weighted by Gasteiger charge is -2.49. The molecule has 0 radical (unpaired) electrons. The van der Waals surface area contributed by atoms with Crippen LogP contribution >= 0.6 is 45.7 Å². The Labute approximate surface area is 363 Å². The molecule has 13 heteroatoms. The van der Waals surface area contributed by atoms with Gasteiger partial charge in [0.15, 0.2) is 16.9 Å². The van der Waals surface area contributed by atoms with Crippen molar-refractivity contribution in [3.8, 4) is 0 Å². The summed E-state index contributed by atoms with van der Waals surface area (Å²) in [5.41, 5.74) is 4.94. The number of carbonyl (C=O) groups excluding carboxylic acids is 3. The van der Waals surface area contributed by atoms with Crippen LogP contribution in [0.3, 0.4) is 0 Å². The van der Waals surface area contributed by atoms with Gasteiger partial charge in [-0.1, -0.05) is 179 Å². The van der Waals surface area contributed by atoms with Gasteiger partial charge in [0.05, 0.1) is 0 Å². The Morgan fingerprint density at radius 3 is 1.83 bits per heavy atom. The van der Waals surface area contributed by atoms with Crippen molar-refractivity contribution in [2.45, 2.75) is 23.1 Å². The van der Waals surface area contributed by atoms with Crippen LogP contribution in [-0.2, 0) is 29.5 Å². The molecule has 1 saturated heterocycles. The quantitative estimate of drug-likeness (QED) is 0.0213. The Kier molecular flexibility index (Phi) is 12.2. The van der Waals surface area contributed by atoms with Gasteiger partial charge < -0.3 is 20.2 Å². The molecule has 296 valence electrons. The van der Waals surface area contributed by atoms with Gasteiger partial charge in [-0.25, -0.2) is 9.78 Å². The summed E-state index contributed by atoms with van der Waals surface area (Å²) in [6, 6.07) is 48.5. The minimum Gasteiger partial charge on any atom is -0.448 e. The Morgan fingerprint density at radius 2 is 1.34 bits per heavy atom. The summed E-state index contributed by atoms with van der Waals surface area (Å²) in [6.07, 6.45) is -0.684. The molecule has 2 N–H and O–H groups in total. The highest BCUT2D eigenvalue weighted by Gasteiger charge is 2.55. The number of rotatable bonds is 14. The zero-order valence-electron chi connectivity index (χ0n) is 31.7. The molecule has 2 atom stereocenters. The monoisotopic (exact) mass is 931 g/mol. The molecule has 1 aromatic heterocycles. The maximum Gasteiger partial charge on any atom is 0.356 e. The van der Waals surface area contributed by atoms with E-state index < -0.39 is 40.8 Å². The predicted octanol–water partition coefficient (Wildman–Crippen LogP) is 8.32. The number of aromatic nitrogens is 1. The number of halogens is 1. The number of hydrogen-bond acceptors (Lipinski definition) is 10. The molecule has 2 aliphatic heterocycles. The maximum atomic E-state index is 14.1. The number of amides is 2. The van der Waals surface area contributed by atoms with E-state index in [2.05, 4.69) is 74.8 Å². The van der Waals surface area contributed by atoms with Gasteiger partial charge in [-0.2, -0.15) is 0 Å². The average molecular weight is 932 g/mol. The van der Waals surface area contributed by atoms with Gasteiger partial charge in [0.2, 0.25) is 0 Å². The Morgan fingerprint density at radius 1 is 0.831 bits per heavy atom. The van der Waals surface area contributed by atoms with Crippen LogP contribution < -0.4 is 10.6 Å². The highest BCUT2D eigenvalue weighted by Crippen LogP contribution is 2.43. The average Bonchev–Trinajstić information content (AvgIpc) is 3.76. The van der Waals surface area contributed by atoms with Crippen LogP contribution in [0.4, 0.5) is 5.13 Å². The number of β-lactam (4-membered cyclic amide) rings is 1. The van der Waals surface area contributed by atoms with Crippen LogP contribution in [0.2, 0.25) is 0 Å². The molecule has 1 unspecified atom stereocenters. The van der Waals surface area contributed by atoms with Crippen molar-refractivity contribution in [1.82, 2.24) is 15.2 Å². The number of fused-ring (bicyclic) bond motifs is 1. The number of oxime groups is 1. The highest BCUT2D eigenvalue weighted by molar-refractivity contribution is 14.1. The second-order valence-corrected chi connectivity index (χ2v) is 16.4. The first-order valence-corrected chi connectivity index (χ1v) is 22.2. The van der Waals surface area contributed by atoms with E-state index in [0.717, 1.165) is 33.4 Å². The number of nitrogens with one attached hydrogen (secondary N) is 2. The zero-order valence-corrected chi connectivity index (χ0v) is 35.5. The number of benzene rings is 5. The van der Waals surface area contributed by atoms with E-state index >= 15 is 0 Å². The van der Waals surface area contributed by atoms with Crippen molar-refractivity contribution in [3.05, 3.63) is 202 Å². The molecule has 0 saturated carbocycles. The van der Waals surface area contributed by atoms with E-state index in [9.17, 15) is 14.4 Å². The number of hydrogen-bond donors (Lipinski definition) is 2. The number of carbonyl (C=O) groups is 3. The molecule has 10 nitrogen and oxygen atoms in total. The molecule has 2 amide bonds. The minimum atomic E-state index is -0.926. The number of esters is 1. The molecular formula is C46H38IN5O5S2. The van der Waals surface area contributed by atoms with Gasteiger partial charge >= 0.3 is 5.97 Å². The van der Waals surface area contributed by atoms with Crippen molar-refractivity contribution in [3.63, 3.8) is 0 Å². The van der Waals surface area contributed by atoms with Gasteiger partial charge in [0, 0.05) is 15.6 Å². The molecule has 8 rings (SSSR count). The van der Waals surface area contributed by atoms with Crippen LogP contribution in [0.15, 0.2) is 173 Å². The normalized spacial score (nSPS) is 16.6. The van der Waals surface area contributed by atoms with Crippen molar-refractivity contribution >= 4 is 74.3 Å². The summed E-state index contributed by atoms with van der Waals surface area (Å²) in [6.45, 7) is 0. The fourth-order valence-corrected chi connectivity index (χ4v) is 10.5. The molecule has 0 bridgehead atoms. The summed E-state index contributed by atoms with van der Waals surface area (Å²) in [5, 5.41) is 12.4. The third-order valence-electron chi connectivity index (χ3n) is 10.2. The summed E-state index contributed by atoms with van der Waals surface area (Å²) in [7, 11) is 1.35. The molecule has 6 aromatic rings. The van der Waals surface area contributed by atoms with E-state index in [1.165, 1.54) is 35.1 Å². The first kappa shape index (κ1) is 40.0. The smallest absolute Gasteiger partial charge is 0.356 e. The number of nitrogens with zero attached hydrogens (tertiary/aromatic N) is 3. The van der Waals surface area contributed by atoms with Gasteiger partial charge in [0.1, 0.15) is 35.5 Å². The first-order valence-electron chi connectivity index (χ1n) is 18.8. The standard InChI is InChI=1S/C46H38IN5O5S2/c1-56-51-37(36-29-59-45(48-36)50-46(33-21-11-4-12-22-33,34-23-13-5-14-24-34)35-25-15-6-16-26-35)41(53)49-38-42(54)52-39(32(27-47)28-58-43(38)52)44(55)57-40(30-17-7-2-8-18-30)31-19-9-3-10-20-31/h2-26,29,38,40,43H,27-28H2,1H3,(H,48,50)(H,49,53)/b51-37-/t38?,43-/m1/s1. The summed E-state index contributed by atoms with van der Waals surface area (Å²) in [5.74, 6) is -1.17. The van der Waals surface area contributed by atoms with Crippen LogP contribution in [-0.4, -0.2) is 62.1 Å². The molecule has 2 aliphatic rings. The topological polar surface area (TPSA) is 122 Å². The van der Waals surface area contributed by atoms with E-state index in [1.807, 2.05) is 115 Å². The van der Waals surface area contributed by atoms with Crippen LogP contribution in [0.25, 0.3) is 0 Å². The summed E-state index contributed by atoms with van der Waals surface area (Å²) in [4.78, 5) is 53.6. The van der Waals surface area contributed by atoms with E-state index in [1.54, 1.807) is 5.38 Å². The minimum absolute atomic E-state index is 0.0923. The summed E-state index contributed by atoms with van der Waals surface area (Å²) >= 11 is 5.01. The first-order chi connectivity index (χ1) is 28.9. The number of thioether (sulfide) groups is 1. The Balaban J connectivity index is 1.03. The van der Waals surface area contributed by atoms with Crippen LogP contribution in [0, 0.1) is 0 Å². The maximum absolute atomic E-state index is 14.1. The van der Waals surface area contributed by atoms with Crippen molar-refractivity contribution in [2.75, 3.05) is 22.6 Å². The molecule has 3 heterocycles. The predicted molar refractivity (Wildman–Crippen MR) is 240 cm³/mol. The lowest BCUT2D eigenvalue weighted by Crippen LogP contribution is -2.71. The van der Waals surface area contributed by atoms with Crippen molar-refractivity contribution in [1.29, 1.82) is 0 Å². The Bertz CT molecular complexity index is 2350. The van der Waals surface area contributed by atoms with Crippen LogP contribution in [0.5, 0.6) is 0 Å². The zero-order chi connectivity index (χ0) is 40.8. The third kappa shape index (κ3) is 8.01. The van der Waals surface area contributed by atoms with Crippen molar-refractivity contribution in [2.24, 2.45) is 5.16 Å². The highest BCUT2D eigenvalue weighted by atomic mass is 127. The summed E-state index contributed by atoms with van der Waals surface area (Å²) < 4.78 is 6.74. The van der Waals surface area contributed by atoms with Gasteiger partial charge in [-0.15, -0.1) is 23.1 Å². The molecule has 0 spiro atoms. The molecule has 59 heavy (non-hydrogen) atoms. The second-order valence-electron chi connectivity index (χ2n) is 13.7. The fourth-order valence-electron chi connectivity index (χ4n) is 7.41. The van der Waals surface area contributed by atoms with Gasteiger partial charge in [-0.05, 0) is 33.4 Å². The molecule has 1 fully saturated rings. The van der Waals surface area contributed by atoms with Gasteiger partial charge in [0.25, 0.3) is 11.8 Å². The second kappa shape index (κ2) is 18.0. The number of anilines is 1. The van der Waals surface area contributed by atoms with E-state index in [4.69, 9.17) is 14.6 Å². The largest absolute Gasteiger partial charge is 0.448 e. The number of alkyl halides is 1. The van der Waals surface area contributed by atoms with Gasteiger partial charge in [-0.3, -0.25) is 14.5 Å². The number of thiazole rings is 1. The van der Waals surface area contributed by atoms with Crippen LogP contribution in [0.1, 0.15) is 39.6 Å². The van der Waals surface area contributed by atoms with Crippen molar-refractivity contribution < 1.29 is 24.0 Å². The SMILES string of the molecule is CO/N=C(\C(=O)NC1C(=O)N2C(C(=O)OC(c3ccccc3)c3ccccc3)=C(CI)CS[C@H]12)c1csc(NC(c2ccccc2)(c2ccccc2)c2ccccc2)n1. The van der Waals surface area contributed by atoms with E-state index in [0.29, 0.717) is 15.3 Å². The Hall–Kier alpha value is -5.77.